The molecule has 5 nitrogen and oxygen atoms in total. The smallest absolute Gasteiger partial charge is 0.193 e. The molecule has 1 saturated heterocycles. The van der Waals surface area contributed by atoms with Gasteiger partial charge in [-0.2, -0.15) is 0 Å². The number of hydrogen-bond acceptors (Lipinski definition) is 3. The van der Waals surface area contributed by atoms with Crippen LogP contribution in [0.4, 0.5) is 0 Å². The van der Waals surface area contributed by atoms with Crippen molar-refractivity contribution in [3.8, 4) is 11.5 Å². The van der Waals surface area contributed by atoms with Crippen LogP contribution in [0, 0.1) is 0 Å². The van der Waals surface area contributed by atoms with E-state index in [1.807, 2.05) is 36.4 Å². The summed E-state index contributed by atoms with van der Waals surface area (Å²) < 4.78 is 11.9. The van der Waals surface area contributed by atoms with Gasteiger partial charge >= 0.3 is 0 Å². The van der Waals surface area contributed by atoms with Crippen LogP contribution in [0.5, 0.6) is 11.5 Å². The second kappa shape index (κ2) is 9.68. The number of ether oxygens (including phenoxy) is 2. The molecule has 0 amide bonds. The maximum atomic E-state index is 6.14. The second-order valence-electron chi connectivity index (χ2n) is 7.68. The van der Waals surface area contributed by atoms with Crippen LogP contribution in [0.25, 0.3) is 0 Å². The molecule has 0 bridgehead atoms. The highest BCUT2D eigenvalue weighted by molar-refractivity contribution is 5.80. The predicted octanol–water partition coefficient (Wildman–Crippen LogP) is 4.06. The monoisotopic (exact) mass is 393 g/mol. The Morgan fingerprint density at radius 2 is 1.83 bits per heavy atom. The Hall–Kier alpha value is -2.69. The van der Waals surface area contributed by atoms with Crippen LogP contribution in [-0.2, 0) is 0 Å². The van der Waals surface area contributed by atoms with E-state index in [1.54, 1.807) is 0 Å². The van der Waals surface area contributed by atoms with Gasteiger partial charge in [-0.25, -0.2) is 0 Å². The zero-order valence-electron chi connectivity index (χ0n) is 17.2. The molecule has 0 aliphatic carbocycles. The van der Waals surface area contributed by atoms with Crippen molar-refractivity contribution in [3.05, 3.63) is 60.2 Å². The van der Waals surface area contributed by atoms with Gasteiger partial charge in [0, 0.05) is 44.9 Å². The third-order valence-electron chi connectivity index (χ3n) is 5.67. The van der Waals surface area contributed by atoms with Crippen LogP contribution < -0.4 is 14.8 Å². The molecular weight excluding hydrogens is 362 g/mol. The molecule has 2 aliphatic rings. The molecule has 0 aromatic heterocycles. The van der Waals surface area contributed by atoms with Gasteiger partial charge in [0.1, 0.15) is 17.6 Å². The van der Waals surface area contributed by atoms with Gasteiger partial charge < -0.3 is 19.7 Å². The average Bonchev–Trinajstić information content (AvgIpc) is 2.78. The van der Waals surface area contributed by atoms with Crippen molar-refractivity contribution in [2.24, 2.45) is 4.99 Å². The summed E-state index contributed by atoms with van der Waals surface area (Å²) in [4.78, 5) is 7.38. The summed E-state index contributed by atoms with van der Waals surface area (Å²) in [6, 6.07) is 18.5. The van der Waals surface area contributed by atoms with E-state index >= 15 is 0 Å². The number of likely N-dealkylation sites (tertiary alicyclic amines) is 1. The quantitative estimate of drug-likeness (QED) is 0.615. The van der Waals surface area contributed by atoms with Crippen LogP contribution in [0.1, 0.15) is 37.7 Å². The number of rotatable bonds is 5. The summed E-state index contributed by atoms with van der Waals surface area (Å²) in [5, 5.41) is 3.48. The first-order valence-corrected chi connectivity index (χ1v) is 10.8. The van der Waals surface area contributed by atoms with Gasteiger partial charge in [0.15, 0.2) is 5.96 Å². The van der Waals surface area contributed by atoms with Crippen LogP contribution in [0.3, 0.4) is 0 Å². The molecule has 0 saturated carbocycles. The lowest BCUT2D eigenvalue weighted by atomic mass is 9.93. The topological polar surface area (TPSA) is 46.1 Å². The lowest BCUT2D eigenvalue weighted by molar-refractivity contribution is 0.129. The summed E-state index contributed by atoms with van der Waals surface area (Å²) in [6.45, 7) is 6.51. The minimum Gasteiger partial charge on any atom is -0.493 e. The molecule has 2 aromatic carbocycles. The lowest BCUT2D eigenvalue weighted by Gasteiger charge is -2.34. The van der Waals surface area contributed by atoms with Gasteiger partial charge in [-0.15, -0.1) is 0 Å². The number of benzene rings is 2. The summed E-state index contributed by atoms with van der Waals surface area (Å²) >= 11 is 0. The highest BCUT2D eigenvalue weighted by atomic mass is 16.5. The molecule has 4 rings (SSSR count). The Labute approximate surface area is 173 Å². The maximum Gasteiger partial charge on any atom is 0.193 e. The fourth-order valence-corrected chi connectivity index (χ4v) is 4.10. The molecule has 2 heterocycles. The van der Waals surface area contributed by atoms with E-state index in [1.165, 1.54) is 5.56 Å². The largest absolute Gasteiger partial charge is 0.493 e. The standard InChI is InChI=1S/C24H31N3O2/c1-2-25-24(26-18-19-14-17-28-23-11-7-6-10-22(19)23)27-15-12-21(13-16-27)29-20-8-4-3-5-9-20/h3-11,19,21H,2,12-18H2,1H3,(H,25,26). The molecule has 1 fully saturated rings. The van der Waals surface area contributed by atoms with Gasteiger partial charge in [-0.3, -0.25) is 4.99 Å². The molecule has 154 valence electrons. The molecule has 29 heavy (non-hydrogen) atoms. The maximum absolute atomic E-state index is 6.14. The predicted molar refractivity (Wildman–Crippen MR) is 117 cm³/mol. The molecule has 2 aromatic rings. The van der Waals surface area contributed by atoms with Crippen LogP contribution >= 0.6 is 0 Å². The Bertz CT molecular complexity index is 801. The van der Waals surface area contributed by atoms with Crippen molar-refractivity contribution in [3.63, 3.8) is 0 Å². The zero-order chi connectivity index (χ0) is 19.9. The average molecular weight is 394 g/mol. The minimum atomic E-state index is 0.277. The van der Waals surface area contributed by atoms with E-state index < -0.39 is 0 Å². The number of para-hydroxylation sites is 2. The Morgan fingerprint density at radius 1 is 1.07 bits per heavy atom. The van der Waals surface area contributed by atoms with E-state index in [2.05, 4.69) is 35.3 Å². The highest BCUT2D eigenvalue weighted by Crippen LogP contribution is 2.33. The van der Waals surface area contributed by atoms with Gasteiger partial charge in [0.2, 0.25) is 0 Å². The number of guanidine groups is 1. The Kier molecular flexibility index (Phi) is 6.55. The molecule has 1 atom stereocenters. The van der Waals surface area contributed by atoms with Gasteiger partial charge in [0.25, 0.3) is 0 Å². The van der Waals surface area contributed by atoms with Crippen molar-refractivity contribution < 1.29 is 9.47 Å². The summed E-state index contributed by atoms with van der Waals surface area (Å²) in [5.74, 6) is 3.43. The second-order valence-corrected chi connectivity index (χ2v) is 7.68. The molecule has 0 spiro atoms. The van der Waals surface area contributed by atoms with E-state index in [0.717, 1.165) is 69.5 Å². The van der Waals surface area contributed by atoms with Crippen LogP contribution in [-0.4, -0.2) is 49.7 Å². The minimum absolute atomic E-state index is 0.277. The van der Waals surface area contributed by atoms with Gasteiger partial charge in [-0.1, -0.05) is 36.4 Å². The van der Waals surface area contributed by atoms with Crippen LogP contribution in [0.15, 0.2) is 59.6 Å². The summed E-state index contributed by atoms with van der Waals surface area (Å²) in [7, 11) is 0. The zero-order valence-corrected chi connectivity index (χ0v) is 17.2. The number of nitrogens with zero attached hydrogens (tertiary/aromatic N) is 2. The Morgan fingerprint density at radius 3 is 2.62 bits per heavy atom. The highest BCUT2D eigenvalue weighted by Gasteiger charge is 2.24. The number of fused-ring (bicyclic) bond motifs is 1. The molecule has 2 aliphatic heterocycles. The third-order valence-corrected chi connectivity index (χ3v) is 5.67. The van der Waals surface area contributed by atoms with E-state index in [0.29, 0.717) is 5.92 Å². The normalized spacial score (nSPS) is 20.0. The van der Waals surface area contributed by atoms with E-state index in [-0.39, 0.29) is 6.10 Å². The lowest BCUT2D eigenvalue weighted by Crippen LogP contribution is -2.47. The van der Waals surface area contributed by atoms with Crippen molar-refractivity contribution in [1.29, 1.82) is 0 Å². The number of nitrogens with one attached hydrogen (secondary N) is 1. The fraction of sp³-hybridized carbons (Fsp3) is 0.458. The number of aliphatic imine (C=N–C) groups is 1. The molecule has 0 radical (unpaired) electrons. The number of hydrogen-bond donors (Lipinski definition) is 1. The fourth-order valence-electron chi connectivity index (χ4n) is 4.10. The van der Waals surface area contributed by atoms with E-state index in [9.17, 15) is 0 Å². The van der Waals surface area contributed by atoms with Crippen molar-refractivity contribution in [1.82, 2.24) is 10.2 Å². The molecular formula is C24H31N3O2. The first-order valence-electron chi connectivity index (χ1n) is 10.8. The third kappa shape index (κ3) is 5.03. The van der Waals surface area contributed by atoms with Crippen molar-refractivity contribution in [2.45, 2.75) is 38.2 Å². The molecule has 1 N–H and O–H groups in total. The van der Waals surface area contributed by atoms with Gasteiger partial charge in [-0.05, 0) is 37.1 Å². The van der Waals surface area contributed by atoms with Crippen molar-refractivity contribution >= 4 is 5.96 Å². The summed E-state index contributed by atoms with van der Waals surface area (Å²) in [5.41, 5.74) is 1.29. The van der Waals surface area contributed by atoms with Gasteiger partial charge in [0.05, 0.1) is 6.61 Å². The Balaban J connectivity index is 1.36. The van der Waals surface area contributed by atoms with E-state index in [4.69, 9.17) is 14.5 Å². The summed E-state index contributed by atoms with van der Waals surface area (Å²) in [6.07, 6.45) is 3.32. The molecule has 1 unspecified atom stereocenters. The van der Waals surface area contributed by atoms with Crippen LogP contribution in [0.2, 0.25) is 0 Å². The SMILES string of the molecule is CCNC(=NCC1CCOc2ccccc21)N1CCC(Oc2ccccc2)CC1. The number of piperidine rings is 1. The first kappa shape index (κ1) is 19.6. The molecule has 5 heteroatoms. The van der Waals surface area contributed by atoms with Crippen molar-refractivity contribution in [2.75, 3.05) is 32.8 Å². The first-order chi connectivity index (χ1) is 14.3.